The second-order valence-electron chi connectivity index (χ2n) is 2.94. The first kappa shape index (κ1) is 11.2. The van der Waals surface area contributed by atoms with Gasteiger partial charge in [-0.05, 0) is 7.05 Å². The Morgan fingerprint density at radius 1 is 1.73 bits per heavy atom. The molecule has 1 heterocycles. The van der Waals surface area contributed by atoms with Crippen LogP contribution in [0.25, 0.3) is 0 Å². The van der Waals surface area contributed by atoms with Crippen molar-refractivity contribution in [2.45, 2.75) is 13.1 Å². The van der Waals surface area contributed by atoms with Crippen LogP contribution < -0.4 is 10.6 Å². The molecule has 0 spiro atoms. The van der Waals surface area contributed by atoms with Gasteiger partial charge in [-0.25, -0.2) is 4.98 Å². The van der Waals surface area contributed by atoms with Crippen LogP contribution in [-0.4, -0.2) is 29.1 Å². The van der Waals surface area contributed by atoms with Crippen molar-refractivity contribution in [2.75, 3.05) is 13.6 Å². The monoisotopic (exact) mass is 207 g/mol. The number of nitrogens with zero attached hydrogens (tertiary/aromatic N) is 3. The van der Waals surface area contributed by atoms with E-state index in [0.717, 1.165) is 5.82 Å². The first-order valence-corrected chi connectivity index (χ1v) is 4.56. The molecule has 0 bridgehead atoms. The maximum Gasteiger partial charge on any atom is 0.240 e. The van der Waals surface area contributed by atoms with Gasteiger partial charge in [0.05, 0.1) is 12.6 Å². The topological polar surface area (TPSA) is 82.7 Å². The van der Waals surface area contributed by atoms with E-state index in [4.69, 9.17) is 5.26 Å². The lowest BCUT2D eigenvalue weighted by Crippen LogP contribution is -2.28. The first-order valence-electron chi connectivity index (χ1n) is 4.56. The summed E-state index contributed by atoms with van der Waals surface area (Å²) in [4.78, 5) is 15.4. The Kier molecular flexibility index (Phi) is 4.31. The molecule has 0 unspecified atom stereocenters. The van der Waals surface area contributed by atoms with E-state index in [1.165, 1.54) is 0 Å². The van der Waals surface area contributed by atoms with Gasteiger partial charge in [-0.2, -0.15) is 5.26 Å². The summed E-state index contributed by atoms with van der Waals surface area (Å²) in [5.41, 5.74) is 0. The van der Waals surface area contributed by atoms with Crippen molar-refractivity contribution in [1.29, 1.82) is 5.26 Å². The Hall–Kier alpha value is -1.87. The molecule has 0 aliphatic rings. The van der Waals surface area contributed by atoms with Crippen molar-refractivity contribution in [3.05, 3.63) is 18.2 Å². The molecule has 80 valence electrons. The number of carbonyl (C=O) groups is 1. The van der Waals surface area contributed by atoms with Gasteiger partial charge in [0.2, 0.25) is 5.91 Å². The van der Waals surface area contributed by atoms with Crippen LogP contribution in [-0.2, 0) is 17.9 Å². The van der Waals surface area contributed by atoms with Crippen molar-refractivity contribution < 1.29 is 4.79 Å². The van der Waals surface area contributed by atoms with Crippen molar-refractivity contribution in [3.63, 3.8) is 0 Å². The fraction of sp³-hybridized carbons (Fsp3) is 0.444. The van der Waals surface area contributed by atoms with Gasteiger partial charge < -0.3 is 15.2 Å². The minimum absolute atomic E-state index is 0.0366. The highest BCUT2D eigenvalue weighted by atomic mass is 16.1. The molecule has 0 aliphatic carbocycles. The molecular formula is C9H13N5O. The van der Waals surface area contributed by atoms with Crippen LogP contribution in [0.15, 0.2) is 12.4 Å². The quantitative estimate of drug-likeness (QED) is 0.622. The summed E-state index contributed by atoms with van der Waals surface area (Å²) in [6, 6.07) is 1.85. The van der Waals surface area contributed by atoms with Crippen LogP contribution in [0.1, 0.15) is 5.82 Å². The van der Waals surface area contributed by atoms with E-state index < -0.39 is 0 Å². The number of rotatable bonds is 5. The third-order valence-corrected chi connectivity index (χ3v) is 1.82. The predicted octanol–water partition coefficient (Wildman–Crippen LogP) is -0.758. The second-order valence-corrected chi connectivity index (χ2v) is 2.94. The fourth-order valence-electron chi connectivity index (χ4n) is 1.16. The van der Waals surface area contributed by atoms with E-state index >= 15 is 0 Å². The Morgan fingerprint density at radius 3 is 3.20 bits per heavy atom. The van der Waals surface area contributed by atoms with Gasteiger partial charge in [0, 0.05) is 12.4 Å². The molecule has 0 saturated heterocycles. The van der Waals surface area contributed by atoms with E-state index in [-0.39, 0.29) is 19.0 Å². The van der Waals surface area contributed by atoms with Crippen LogP contribution >= 0.6 is 0 Å². The van der Waals surface area contributed by atoms with Crippen molar-refractivity contribution >= 4 is 5.91 Å². The van der Waals surface area contributed by atoms with Crippen molar-refractivity contribution in [2.24, 2.45) is 0 Å². The number of carbonyl (C=O) groups excluding carboxylic acids is 1. The predicted molar refractivity (Wildman–Crippen MR) is 53.6 cm³/mol. The molecule has 0 atom stereocenters. The highest BCUT2D eigenvalue weighted by molar-refractivity contribution is 5.75. The summed E-state index contributed by atoms with van der Waals surface area (Å²) < 4.78 is 1.74. The SMILES string of the molecule is CNCc1nccn1CC(=O)NCC#N. The van der Waals surface area contributed by atoms with Gasteiger partial charge >= 0.3 is 0 Å². The van der Waals surface area contributed by atoms with E-state index in [2.05, 4.69) is 15.6 Å². The Balaban J connectivity index is 2.52. The Bertz CT molecular complexity index is 365. The molecule has 1 amide bonds. The lowest BCUT2D eigenvalue weighted by molar-refractivity contribution is -0.121. The molecule has 0 aromatic carbocycles. The summed E-state index contributed by atoms with van der Waals surface area (Å²) in [5, 5.41) is 13.7. The summed E-state index contributed by atoms with van der Waals surface area (Å²) in [5.74, 6) is 0.608. The highest BCUT2D eigenvalue weighted by Crippen LogP contribution is 1.96. The largest absolute Gasteiger partial charge is 0.341 e. The summed E-state index contributed by atoms with van der Waals surface area (Å²) in [7, 11) is 1.81. The molecule has 1 rings (SSSR count). The average Bonchev–Trinajstić information content (AvgIpc) is 2.63. The second kappa shape index (κ2) is 5.78. The zero-order chi connectivity index (χ0) is 11.1. The Morgan fingerprint density at radius 2 is 2.53 bits per heavy atom. The van der Waals surface area contributed by atoms with Gasteiger partial charge in [-0.1, -0.05) is 0 Å². The standard InChI is InChI=1S/C9H13N5O/c1-11-6-8-12-4-5-14(8)7-9(15)13-3-2-10/h4-5,11H,3,6-7H2,1H3,(H,13,15). The zero-order valence-electron chi connectivity index (χ0n) is 8.53. The summed E-state index contributed by atoms with van der Waals surface area (Å²) in [6.45, 7) is 0.839. The van der Waals surface area contributed by atoms with Crippen LogP contribution in [0.4, 0.5) is 0 Å². The third-order valence-electron chi connectivity index (χ3n) is 1.82. The van der Waals surface area contributed by atoms with E-state index in [1.54, 1.807) is 17.0 Å². The average molecular weight is 207 g/mol. The number of hydrogen-bond acceptors (Lipinski definition) is 4. The highest BCUT2D eigenvalue weighted by Gasteiger charge is 2.05. The summed E-state index contributed by atoms with van der Waals surface area (Å²) >= 11 is 0. The van der Waals surface area contributed by atoms with Gasteiger partial charge in [-0.3, -0.25) is 4.79 Å². The minimum atomic E-state index is -0.188. The maximum atomic E-state index is 11.3. The van der Waals surface area contributed by atoms with Crippen molar-refractivity contribution in [1.82, 2.24) is 20.2 Å². The van der Waals surface area contributed by atoms with E-state index in [9.17, 15) is 4.79 Å². The molecule has 0 radical (unpaired) electrons. The van der Waals surface area contributed by atoms with Crippen LogP contribution in [0, 0.1) is 11.3 Å². The molecule has 6 nitrogen and oxygen atoms in total. The number of nitriles is 1. The molecule has 0 saturated carbocycles. The molecule has 2 N–H and O–H groups in total. The van der Waals surface area contributed by atoms with Gasteiger partial charge in [0.15, 0.2) is 0 Å². The van der Waals surface area contributed by atoms with Gasteiger partial charge in [0.1, 0.15) is 18.9 Å². The van der Waals surface area contributed by atoms with Gasteiger partial charge in [0.25, 0.3) is 0 Å². The molecule has 1 aromatic rings. The third kappa shape index (κ3) is 3.40. The minimum Gasteiger partial charge on any atom is -0.341 e. The number of aromatic nitrogens is 2. The molecular weight excluding hydrogens is 194 g/mol. The number of imidazole rings is 1. The number of hydrogen-bond donors (Lipinski definition) is 2. The number of amides is 1. The normalized spacial score (nSPS) is 9.60. The van der Waals surface area contributed by atoms with Crippen LogP contribution in [0.5, 0.6) is 0 Å². The lowest BCUT2D eigenvalue weighted by Gasteiger charge is -2.06. The Labute approximate surface area is 87.9 Å². The number of nitrogens with one attached hydrogen (secondary N) is 2. The molecule has 0 fully saturated rings. The van der Waals surface area contributed by atoms with Crippen LogP contribution in [0.3, 0.4) is 0 Å². The zero-order valence-corrected chi connectivity index (χ0v) is 8.53. The molecule has 0 aliphatic heterocycles. The fourth-order valence-corrected chi connectivity index (χ4v) is 1.16. The maximum absolute atomic E-state index is 11.3. The van der Waals surface area contributed by atoms with Crippen molar-refractivity contribution in [3.8, 4) is 6.07 Å². The van der Waals surface area contributed by atoms with E-state index in [0.29, 0.717) is 6.54 Å². The summed E-state index contributed by atoms with van der Waals surface area (Å²) in [6.07, 6.45) is 3.38. The lowest BCUT2D eigenvalue weighted by atomic mass is 10.5. The smallest absolute Gasteiger partial charge is 0.240 e. The molecule has 6 heteroatoms. The first-order chi connectivity index (χ1) is 7.27. The van der Waals surface area contributed by atoms with Gasteiger partial charge in [-0.15, -0.1) is 0 Å². The van der Waals surface area contributed by atoms with E-state index in [1.807, 2.05) is 13.1 Å². The molecule has 1 aromatic heterocycles. The van der Waals surface area contributed by atoms with Crippen LogP contribution in [0.2, 0.25) is 0 Å². The molecule has 15 heavy (non-hydrogen) atoms.